The summed E-state index contributed by atoms with van der Waals surface area (Å²) in [7, 11) is 2.18. The van der Waals surface area contributed by atoms with Gasteiger partial charge < -0.3 is 10.2 Å². The van der Waals surface area contributed by atoms with Crippen LogP contribution in [0.2, 0.25) is 0 Å². The molecule has 0 radical (unpaired) electrons. The van der Waals surface area contributed by atoms with Gasteiger partial charge >= 0.3 is 0 Å². The van der Waals surface area contributed by atoms with Crippen molar-refractivity contribution in [1.29, 1.82) is 0 Å². The van der Waals surface area contributed by atoms with Crippen LogP contribution in [0.4, 0.5) is 5.69 Å². The minimum Gasteiger partial charge on any atom is -0.374 e. The molecule has 19 heavy (non-hydrogen) atoms. The zero-order valence-electron chi connectivity index (χ0n) is 12.2. The molecule has 0 unspecified atom stereocenters. The minimum atomic E-state index is 1.01. The Morgan fingerprint density at radius 1 is 1.26 bits per heavy atom. The van der Waals surface area contributed by atoms with Crippen LogP contribution < -0.4 is 10.2 Å². The quantitative estimate of drug-likeness (QED) is 0.735. The Labute approximate surface area is 122 Å². The van der Waals surface area contributed by atoms with E-state index in [4.69, 9.17) is 0 Å². The second-order valence-electron chi connectivity index (χ2n) is 5.36. The lowest BCUT2D eigenvalue weighted by Crippen LogP contribution is -2.15. The first kappa shape index (κ1) is 14.7. The summed E-state index contributed by atoms with van der Waals surface area (Å²) in [6.45, 7) is 3.33. The Morgan fingerprint density at radius 2 is 2.16 bits per heavy atom. The van der Waals surface area contributed by atoms with E-state index >= 15 is 0 Å². The maximum atomic E-state index is 3.56. The third kappa shape index (κ3) is 4.43. The molecule has 106 valence electrons. The first-order valence-corrected chi connectivity index (χ1v) is 8.73. The summed E-state index contributed by atoms with van der Waals surface area (Å²) in [6.07, 6.45) is 7.39. The van der Waals surface area contributed by atoms with Gasteiger partial charge in [-0.05, 0) is 55.0 Å². The summed E-state index contributed by atoms with van der Waals surface area (Å²) in [6, 6.07) is 6.92. The fourth-order valence-electron chi connectivity index (χ4n) is 2.64. The van der Waals surface area contributed by atoms with E-state index in [1.807, 2.05) is 11.8 Å². The molecule has 3 heteroatoms. The Morgan fingerprint density at radius 3 is 3.00 bits per heavy atom. The summed E-state index contributed by atoms with van der Waals surface area (Å²) in [5, 5.41) is 3.56. The van der Waals surface area contributed by atoms with Crippen molar-refractivity contribution in [2.75, 3.05) is 37.0 Å². The van der Waals surface area contributed by atoms with Gasteiger partial charge in [0.2, 0.25) is 0 Å². The highest BCUT2D eigenvalue weighted by Crippen LogP contribution is 2.27. The highest BCUT2D eigenvalue weighted by atomic mass is 32.2. The number of unbranched alkanes of at least 4 members (excludes halogenated alkanes) is 2. The monoisotopic (exact) mass is 278 g/mol. The number of hydrogen-bond acceptors (Lipinski definition) is 3. The van der Waals surface area contributed by atoms with Gasteiger partial charge in [-0.2, -0.15) is 11.8 Å². The lowest BCUT2D eigenvalue weighted by atomic mass is 10.1. The van der Waals surface area contributed by atoms with Gasteiger partial charge in [0.05, 0.1) is 0 Å². The first-order chi connectivity index (χ1) is 9.31. The number of likely N-dealkylation sites (N-methyl/N-ethyl adjacent to an activating group) is 1. The number of anilines is 1. The minimum absolute atomic E-state index is 1.01. The van der Waals surface area contributed by atoms with Crippen molar-refractivity contribution in [3.05, 3.63) is 29.3 Å². The van der Waals surface area contributed by atoms with Gasteiger partial charge in [0.25, 0.3) is 0 Å². The van der Waals surface area contributed by atoms with E-state index in [0.717, 1.165) is 13.1 Å². The van der Waals surface area contributed by atoms with Crippen molar-refractivity contribution in [3.8, 4) is 0 Å². The number of rotatable bonds is 8. The predicted molar refractivity (Wildman–Crippen MR) is 87.4 cm³/mol. The summed E-state index contributed by atoms with van der Waals surface area (Å²) in [4.78, 5) is 2.35. The highest BCUT2D eigenvalue weighted by molar-refractivity contribution is 7.98. The van der Waals surface area contributed by atoms with E-state index in [2.05, 4.69) is 41.7 Å². The fourth-order valence-corrected chi connectivity index (χ4v) is 3.13. The van der Waals surface area contributed by atoms with Crippen LogP contribution in [0.3, 0.4) is 0 Å². The third-order valence-corrected chi connectivity index (χ3v) is 4.50. The number of thioether (sulfide) groups is 1. The molecule has 0 aliphatic carbocycles. The SMILES string of the molecule is CSCCCCCNCc1ccc2c(c1)CCN2C. The van der Waals surface area contributed by atoms with Crippen molar-refractivity contribution in [2.24, 2.45) is 0 Å². The molecule has 1 N–H and O–H groups in total. The smallest absolute Gasteiger partial charge is 0.0397 e. The normalized spacial score (nSPS) is 13.9. The van der Waals surface area contributed by atoms with Crippen LogP contribution in [0.1, 0.15) is 30.4 Å². The summed E-state index contributed by atoms with van der Waals surface area (Å²) in [5.74, 6) is 1.30. The number of fused-ring (bicyclic) bond motifs is 1. The second-order valence-corrected chi connectivity index (χ2v) is 6.35. The molecule has 0 amide bonds. The molecule has 1 aromatic rings. The average molecular weight is 278 g/mol. The Hall–Kier alpha value is -0.670. The van der Waals surface area contributed by atoms with Gasteiger partial charge in [-0.15, -0.1) is 0 Å². The van der Waals surface area contributed by atoms with Gasteiger partial charge in [-0.3, -0.25) is 0 Å². The van der Waals surface area contributed by atoms with Gasteiger partial charge in [0, 0.05) is 25.8 Å². The van der Waals surface area contributed by atoms with E-state index in [0.29, 0.717) is 0 Å². The van der Waals surface area contributed by atoms with Crippen molar-refractivity contribution >= 4 is 17.4 Å². The zero-order chi connectivity index (χ0) is 13.5. The zero-order valence-corrected chi connectivity index (χ0v) is 13.1. The summed E-state index contributed by atoms with van der Waals surface area (Å²) >= 11 is 1.95. The molecule has 0 aromatic heterocycles. The van der Waals surface area contributed by atoms with Gasteiger partial charge in [0.15, 0.2) is 0 Å². The molecule has 1 aliphatic rings. The Bertz CT molecular complexity index is 392. The van der Waals surface area contributed by atoms with E-state index in [9.17, 15) is 0 Å². The topological polar surface area (TPSA) is 15.3 Å². The molecule has 0 atom stereocenters. The predicted octanol–water partition coefficient (Wildman–Crippen LogP) is 3.30. The molecule has 0 saturated carbocycles. The van der Waals surface area contributed by atoms with Crippen LogP contribution in [-0.4, -0.2) is 32.1 Å². The van der Waals surface area contributed by atoms with E-state index in [-0.39, 0.29) is 0 Å². The van der Waals surface area contributed by atoms with Crippen LogP contribution in [0, 0.1) is 0 Å². The molecule has 1 aliphatic heterocycles. The first-order valence-electron chi connectivity index (χ1n) is 7.34. The van der Waals surface area contributed by atoms with Crippen LogP contribution >= 0.6 is 11.8 Å². The molecule has 1 aromatic carbocycles. The van der Waals surface area contributed by atoms with E-state index < -0.39 is 0 Å². The highest BCUT2D eigenvalue weighted by Gasteiger charge is 2.15. The average Bonchev–Trinajstić information content (AvgIpc) is 2.79. The molecule has 2 rings (SSSR count). The number of benzene rings is 1. The van der Waals surface area contributed by atoms with E-state index in [1.54, 1.807) is 0 Å². The van der Waals surface area contributed by atoms with E-state index in [1.165, 1.54) is 54.8 Å². The molecular formula is C16H26N2S. The molecular weight excluding hydrogens is 252 g/mol. The Kier molecular flexibility index (Phi) is 6.05. The maximum absolute atomic E-state index is 3.56. The summed E-state index contributed by atoms with van der Waals surface area (Å²) < 4.78 is 0. The molecule has 0 bridgehead atoms. The van der Waals surface area contributed by atoms with Crippen LogP contribution in [0.25, 0.3) is 0 Å². The molecule has 0 fully saturated rings. The van der Waals surface area contributed by atoms with Crippen molar-refractivity contribution in [1.82, 2.24) is 5.32 Å². The lowest BCUT2D eigenvalue weighted by Gasteiger charge is -2.12. The second kappa shape index (κ2) is 7.81. The summed E-state index contributed by atoms with van der Waals surface area (Å²) in [5.41, 5.74) is 4.36. The fraction of sp³-hybridized carbons (Fsp3) is 0.625. The largest absolute Gasteiger partial charge is 0.374 e. The number of hydrogen-bond donors (Lipinski definition) is 1. The Balaban J connectivity index is 1.67. The lowest BCUT2D eigenvalue weighted by molar-refractivity contribution is 0.618. The number of nitrogens with one attached hydrogen (secondary N) is 1. The van der Waals surface area contributed by atoms with Gasteiger partial charge in [0.1, 0.15) is 0 Å². The number of nitrogens with zero attached hydrogens (tertiary/aromatic N) is 1. The van der Waals surface area contributed by atoms with Crippen LogP contribution in [0.5, 0.6) is 0 Å². The molecule has 0 spiro atoms. The standard InChI is InChI=1S/C16H26N2S/c1-18-10-8-15-12-14(6-7-16(15)18)13-17-9-4-3-5-11-19-2/h6-7,12,17H,3-5,8-11,13H2,1-2H3. The molecule has 1 heterocycles. The van der Waals surface area contributed by atoms with Crippen molar-refractivity contribution < 1.29 is 0 Å². The van der Waals surface area contributed by atoms with Crippen molar-refractivity contribution in [3.63, 3.8) is 0 Å². The third-order valence-electron chi connectivity index (χ3n) is 3.80. The van der Waals surface area contributed by atoms with Gasteiger partial charge in [-0.25, -0.2) is 0 Å². The van der Waals surface area contributed by atoms with Crippen LogP contribution in [0.15, 0.2) is 18.2 Å². The molecule has 0 saturated heterocycles. The maximum Gasteiger partial charge on any atom is 0.0397 e. The van der Waals surface area contributed by atoms with Gasteiger partial charge in [-0.1, -0.05) is 18.6 Å². The van der Waals surface area contributed by atoms with Crippen molar-refractivity contribution in [2.45, 2.75) is 32.2 Å². The molecule has 2 nitrogen and oxygen atoms in total. The van der Waals surface area contributed by atoms with Crippen LogP contribution in [-0.2, 0) is 13.0 Å².